The van der Waals surface area contributed by atoms with Crippen molar-refractivity contribution >= 4 is 23.8 Å². The van der Waals surface area contributed by atoms with E-state index in [9.17, 15) is 29.4 Å². The van der Waals surface area contributed by atoms with Crippen molar-refractivity contribution in [1.82, 2.24) is 30.2 Å². The van der Waals surface area contributed by atoms with Gasteiger partial charge in [-0.2, -0.15) is 0 Å². The highest BCUT2D eigenvalue weighted by Gasteiger charge is 2.19. The number of hydrogen-bond donors (Lipinski definition) is 4. The molecule has 1 fully saturated rings. The molecular formula is C23H44N6O6. The fraction of sp³-hybridized carbons (Fsp3) is 0.826. The minimum absolute atomic E-state index is 0.0250. The topological polar surface area (TPSA) is 146 Å². The lowest BCUT2D eigenvalue weighted by atomic mass is 10.2. The first-order valence-corrected chi connectivity index (χ1v) is 12.5. The number of unbranched alkanes of at least 4 members (excludes halogenated alkanes) is 2. The Morgan fingerprint density at radius 1 is 0.657 bits per heavy atom. The minimum Gasteiger partial charge on any atom is -0.480 e. The van der Waals surface area contributed by atoms with E-state index in [2.05, 4.69) is 27.4 Å². The van der Waals surface area contributed by atoms with Crippen molar-refractivity contribution in [2.45, 2.75) is 32.6 Å². The Kier molecular flexibility index (Phi) is 15.9. The molecule has 0 aromatic carbocycles. The zero-order valence-corrected chi connectivity index (χ0v) is 21.3. The Balaban J connectivity index is 2.63. The second-order valence-corrected chi connectivity index (χ2v) is 8.88. The van der Waals surface area contributed by atoms with Gasteiger partial charge in [-0.05, 0) is 19.4 Å². The molecule has 0 radical (unpaired) electrons. The number of aliphatic carboxylic acids is 2. The summed E-state index contributed by atoms with van der Waals surface area (Å²) >= 11 is 0. The van der Waals surface area contributed by atoms with Gasteiger partial charge in [-0.3, -0.25) is 33.9 Å². The summed E-state index contributed by atoms with van der Waals surface area (Å²) in [6.45, 7) is 8.11. The van der Waals surface area contributed by atoms with Crippen LogP contribution in [-0.4, -0.2) is 146 Å². The largest absolute Gasteiger partial charge is 0.480 e. The zero-order chi connectivity index (χ0) is 26.1. The number of carboxylic acids is 2. The van der Waals surface area contributed by atoms with Gasteiger partial charge in [0.15, 0.2) is 0 Å². The Bertz CT molecular complexity index is 664. The van der Waals surface area contributed by atoms with E-state index in [4.69, 9.17) is 0 Å². The molecule has 2 amide bonds. The lowest BCUT2D eigenvalue weighted by molar-refractivity contribution is -0.140. The van der Waals surface area contributed by atoms with Crippen molar-refractivity contribution in [3.05, 3.63) is 0 Å². The van der Waals surface area contributed by atoms with Gasteiger partial charge in [-0.15, -0.1) is 0 Å². The van der Waals surface area contributed by atoms with Crippen molar-refractivity contribution in [1.29, 1.82) is 0 Å². The van der Waals surface area contributed by atoms with Crippen LogP contribution in [0.2, 0.25) is 0 Å². The maximum atomic E-state index is 12.5. The number of carboxylic acid groups (broad SMARTS) is 2. The third-order valence-corrected chi connectivity index (χ3v) is 6.14. The van der Waals surface area contributed by atoms with E-state index in [1.165, 1.54) is 0 Å². The number of hydrogen-bond acceptors (Lipinski definition) is 8. The molecule has 202 valence electrons. The smallest absolute Gasteiger partial charge is 0.317 e. The standard InChI is InChI=1S/C23H44N6O6/c1-3-26-9-11-27(17-21(31)25-8-6-4-5-7-20(30)24-2)13-14-29(19-23(34)35)16-15-28(12-10-26)18-22(32)33/h3-19H2,1-2H3,(H,24,30)(H,25,31)(H,32,33)(H,34,35). The maximum Gasteiger partial charge on any atom is 0.317 e. The summed E-state index contributed by atoms with van der Waals surface area (Å²) in [4.78, 5) is 54.3. The van der Waals surface area contributed by atoms with Gasteiger partial charge in [-0.25, -0.2) is 0 Å². The molecule has 1 heterocycles. The van der Waals surface area contributed by atoms with E-state index in [1.807, 2.05) is 4.90 Å². The number of likely N-dealkylation sites (N-methyl/N-ethyl adjacent to an activating group) is 1. The third kappa shape index (κ3) is 15.4. The molecule has 0 unspecified atom stereocenters. The highest BCUT2D eigenvalue weighted by atomic mass is 16.4. The molecule has 0 atom stereocenters. The average Bonchev–Trinajstić information content (AvgIpc) is 2.80. The second-order valence-electron chi connectivity index (χ2n) is 8.88. The van der Waals surface area contributed by atoms with Crippen LogP contribution in [-0.2, 0) is 19.2 Å². The van der Waals surface area contributed by atoms with Crippen LogP contribution < -0.4 is 10.6 Å². The van der Waals surface area contributed by atoms with Crippen molar-refractivity contribution in [3.8, 4) is 0 Å². The summed E-state index contributed by atoms with van der Waals surface area (Å²) in [7, 11) is 1.62. The van der Waals surface area contributed by atoms with Crippen LogP contribution in [0.1, 0.15) is 32.6 Å². The van der Waals surface area contributed by atoms with Crippen LogP contribution in [0, 0.1) is 0 Å². The predicted octanol–water partition coefficient (Wildman–Crippen LogP) is -1.18. The van der Waals surface area contributed by atoms with Crippen LogP contribution in [0.4, 0.5) is 0 Å². The Hall–Kier alpha value is -2.28. The number of nitrogens with one attached hydrogen (secondary N) is 2. The van der Waals surface area contributed by atoms with Gasteiger partial charge in [0.2, 0.25) is 11.8 Å². The van der Waals surface area contributed by atoms with Crippen molar-refractivity contribution in [2.24, 2.45) is 0 Å². The summed E-state index contributed by atoms with van der Waals surface area (Å²) in [6, 6.07) is 0. The molecule has 0 aliphatic carbocycles. The molecule has 0 aromatic heterocycles. The minimum atomic E-state index is -0.931. The van der Waals surface area contributed by atoms with Gasteiger partial charge < -0.3 is 25.7 Å². The van der Waals surface area contributed by atoms with Gasteiger partial charge in [-0.1, -0.05) is 13.3 Å². The van der Waals surface area contributed by atoms with Crippen molar-refractivity contribution < 1.29 is 29.4 Å². The van der Waals surface area contributed by atoms with Crippen LogP contribution in [0.15, 0.2) is 0 Å². The maximum absolute atomic E-state index is 12.5. The van der Waals surface area contributed by atoms with E-state index < -0.39 is 11.9 Å². The fourth-order valence-corrected chi connectivity index (χ4v) is 3.95. The van der Waals surface area contributed by atoms with E-state index >= 15 is 0 Å². The number of carbonyl (C=O) groups excluding carboxylic acids is 2. The Morgan fingerprint density at radius 3 is 1.54 bits per heavy atom. The normalized spacial score (nSPS) is 17.8. The number of rotatable bonds is 13. The SMILES string of the molecule is CCN1CCN(CC(=O)O)CCN(CC(=O)O)CCN(CC(=O)NCCCCCC(=O)NC)CC1. The lowest BCUT2D eigenvalue weighted by Crippen LogP contribution is -2.49. The summed E-state index contributed by atoms with van der Waals surface area (Å²) in [5, 5.41) is 24.1. The van der Waals surface area contributed by atoms with Crippen molar-refractivity contribution in [3.63, 3.8) is 0 Å². The second kappa shape index (κ2) is 18.1. The van der Waals surface area contributed by atoms with E-state index in [0.717, 1.165) is 32.4 Å². The zero-order valence-electron chi connectivity index (χ0n) is 21.3. The number of amides is 2. The highest BCUT2D eigenvalue weighted by Crippen LogP contribution is 2.02. The third-order valence-electron chi connectivity index (χ3n) is 6.14. The molecule has 35 heavy (non-hydrogen) atoms. The van der Waals surface area contributed by atoms with Crippen LogP contribution >= 0.6 is 0 Å². The molecule has 1 aliphatic rings. The fourth-order valence-electron chi connectivity index (χ4n) is 3.95. The summed E-state index contributed by atoms with van der Waals surface area (Å²) in [6.07, 6.45) is 2.96. The quantitative estimate of drug-likeness (QED) is 0.228. The predicted molar refractivity (Wildman–Crippen MR) is 132 cm³/mol. The molecule has 0 spiro atoms. The highest BCUT2D eigenvalue weighted by molar-refractivity contribution is 5.78. The summed E-state index contributed by atoms with van der Waals surface area (Å²) in [5.41, 5.74) is 0. The monoisotopic (exact) mass is 500 g/mol. The molecule has 1 saturated heterocycles. The average molecular weight is 501 g/mol. The van der Waals surface area contributed by atoms with E-state index in [-0.39, 0.29) is 31.4 Å². The van der Waals surface area contributed by atoms with E-state index in [1.54, 1.807) is 11.9 Å². The molecule has 0 aromatic rings. The van der Waals surface area contributed by atoms with Crippen molar-refractivity contribution in [2.75, 3.05) is 92.1 Å². The van der Waals surface area contributed by atoms with Crippen LogP contribution in [0.3, 0.4) is 0 Å². The van der Waals surface area contributed by atoms with Gasteiger partial charge in [0.1, 0.15) is 0 Å². The Morgan fingerprint density at radius 2 is 1.11 bits per heavy atom. The molecule has 0 saturated carbocycles. The summed E-state index contributed by atoms with van der Waals surface area (Å²) < 4.78 is 0. The van der Waals surface area contributed by atoms with Gasteiger partial charge in [0.25, 0.3) is 0 Å². The molecule has 1 aliphatic heterocycles. The first-order valence-electron chi connectivity index (χ1n) is 12.5. The molecule has 12 nitrogen and oxygen atoms in total. The van der Waals surface area contributed by atoms with Gasteiger partial charge in [0, 0.05) is 72.4 Å². The number of carbonyl (C=O) groups is 4. The summed E-state index contributed by atoms with van der Waals surface area (Å²) in [5.74, 6) is -1.87. The molecular weight excluding hydrogens is 456 g/mol. The molecule has 0 bridgehead atoms. The lowest BCUT2D eigenvalue weighted by Gasteiger charge is -2.33. The number of nitrogens with zero attached hydrogens (tertiary/aromatic N) is 4. The molecule has 1 rings (SSSR count). The van der Waals surface area contributed by atoms with Gasteiger partial charge >= 0.3 is 11.9 Å². The first kappa shape index (κ1) is 30.8. The van der Waals surface area contributed by atoms with Crippen LogP contribution in [0.5, 0.6) is 0 Å². The van der Waals surface area contributed by atoms with Gasteiger partial charge in [0.05, 0.1) is 19.6 Å². The van der Waals surface area contributed by atoms with E-state index in [0.29, 0.717) is 58.8 Å². The van der Waals surface area contributed by atoms with Crippen LogP contribution in [0.25, 0.3) is 0 Å². The molecule has 4 N–H and O–H groups in total. The Labute approximate surface area is 208 Å². The first-order chi connectivity index (χ1) is 16.7. The molecule has 12 heteroatoms.